The molecule has 220 valence electrons. The molecule has 0 unspecified atom stereocenters. The zero-order chi connectivity index (χ0) is 30.1. The minimum atomic E-state index is 0. The van der Waals surface area contributed by atoms with E-state index in [1.165, 1.54) is 33.4 Å². The molecule has 5 rings (SSSR count). The first-order valence-electron chi connectivity index (χ1n) is 16.0. The van der Waals surface area contributed by atoms with Gasteiger partial charge in [-0.05, 0) is 73.7 Å². The fraction of sp³-hybridized carbons (Fsp3) is 0.432. The van der Waals surface area contributed by atoms with Crippen molar-refractivity contribution >= 4 is 50.6 Å². The summed E-state index contributed by atoms with van der Waals surface area (Å²) >= 11 is 0. The summed E-state index contributed by atoms with van der Waals surface area (Å²) in [5.74, 6) is 0. The number of rotatable bonds is 9. The van der Waals surface area contributed by atoms with Gasteiger partial charge in [-0.1, -0.05) is 95.8 Å². The number of aryl methyl sites for hydroxylation is 4. The maximum Gasteiger partial charge on any atom is 2.00 e. The van der Waals surface area contributed by atoms with E-state index in [0.29, 0.717) is 5.56 Å². The van der Waals surface area contributed by atoms with Crippen molar-refractivity contribution in [3.05, 3.63) is 68.8 Å². The van der Waals surface area contributed by atoms with E-state index in [-0.39, 0.29) is 19.5 Å². The number of carbonyl (C=O) groups excluding carboxylic acids is 1. The molecule has 2 aliphatic heterocycles. The largest absolute Gasteiger partial charge is 2.00 e. The average Bonchev–Trinajstić information content (AvgIpc) is 3.72. The van der Waals surface area contributed by atoms with Crippen LogP contribution in [0.1, 0.15) is 136 Å². The minimum Gasteiger partial charge on any atom is -0.657 e. The first kappa shape index (κ1) is 32.8. The number of allylic oxidation sites excluding steroid dienone is 4. The van der Waals surface area contributed by atoms with Gasteiger partial charge in [0.2, 0.25) is 0 Å². The number of carbonyl (C=O) groups is 1. The van der Waals surface area contributed by atoms with Gasteiger partial charge in [-0.25, -0.2) is 9.97 Å². The van der Waals surface area contributed by atoms with Crippen LogP contribution in [0.2, 0.25) is 0 Å². The van der Waals surface area contributed by atoms with Crippen molar-refractivity contribution in [2.24, 2.45) is 0 Å². The molecule has 43 heavy (non-hydrogen) atoms. The number of aldehydes is 1. The van der Waals surface area contributed by atoms with Crippen LogP contribution in [0.25, 0.3) is 44.4 Å². The third kappa shape index (κ3) is 5.41. The van der Waals surface area contributed by atoms with Crippen molar-refractivity contribution in [2.75, 3.05) is 0 Å². The van der Waals surface area contributed by atoms with Crippen molar-refractivity contribution < 1.29 is 24.3 Å². The van der Waals surface area contributed by atoms with Crippen LogP contribution < -0.4 is 9.97 Å². The fourth-order valence-corrected chi connectivity index (χ4v) is 7.16. The Morgan fingerprint density at radius 2 is 0.930 bits per heavy atom. The van der Waals surface area contributed by atoms with Crippen LogP contribution in [-0.4, -0.2) is 16.3 Å². The molecule has 0 atom stereocenters. The Morgan fingerprint density at radius 3 is 1.35 bits per heavy atom. The van der Waals surface area contributed by atoms with Gasteiger partial charge in [0.15, 0.2) is 6.29 Å². The van der Waals surface area contributed by atoms with Gasteiger partial charge in [0.1, 0.15) is 0 Å². The molecule has 0 radical (unpaired) electrons. The van der Waals surface area contributed by atoms with Crippen LogP contribution in [0.3, 0.4) is 0 Å². The Hall–Kier alpha value is -3.11. The van der Waals surface area contributed by atoms with Crippen LogP contribution in [0.15, 0.2) is 18.2 Å². The van der Waals surface area contributed by atoms with E-state index in [4.69, 9.17) is 19.9 Å². The summed E-state index contributed by atoms with van der Waals surface area (Å²) in [6.07, 6.45) is 7.84. The predicted octanol–water partition coefficient (Wildman–Crippen LogP) is 9.09. The van der Waals surface area contributed by atoms with Crippen LogP contribution >= 0.6 is 0 Å². The van der Waals surface area contributed by atoms with Crippen LogP contribution in [0.4, 0.5) is 0 Å². The van der Waals surface area contributed by atoms with Crippen LogP contribution in [-0.2, 0) is 45.2 Å². The third-order valence-corrected chi connectivity index (χ3v) is 9.11. The molecule has 0 fully saturated rings. The number of hydrogen-bond acceptors (Lipinski definition) is 3. The average molecular weight is 626 g/mol. The van der Waals surface area contributed by atoms with Crippen molar-refractivity contribution in [1.29, 1.82) is 0 Å². The van der Waals surface area contributed by atoms with E-state index in [9.17, 15) is 4.79 Å². The molecule has 3 aromatic heterocycles. The predicted molar refractivity (Wildman–Crippen MR) is 177 cm³/mol. The summed E-state index contributed by atoms with van der Waals surface area (Å²) in [4.78, 5) is 33.8. The maximum absolute atomic E-state index is 12.9. The summed E-state index contributed by atoms with van der Waals surface area (Å²) in [6.45, 7) is 17.5. The van der Waals surface area contributed by atoms with Gasteiger partial charge in [-0.2, -0.15) is 0 Å². The summed E-state index contributed by atoms with van der Waals surface area (Å²) in [7, 11) is 0. The minimum absolute atomic E-state index is 0. The summed E-state index contributed by atoms with van der Waals surface area (Å²) in [6, 6.07) is 6.52. The Labute approximate surface area is 269 Å². The van der Waals surface area contributed by atoms with Gasteiger partial charge in [-0.15, -0.1) is 22.1 Å². The summed E-state index contributed by atoms with van der Waals surface area (Å²) < 4.78 is 0. The van der Waals surface area contributed by atoms with Crippen LogP contribution in [0.5, 0.6) is 0 Å². The number of nitrogens with zero attached hydrogens (tertiary/aromatic N) is 4. The van der Waals surface area contributed by atoms with Crippen molar-refractivity contribution in [3.8, 4) is 0 Å². The monoisotopic (exact) mass is 624 g/mol. The molecule has 5 heterocycles. The van der Waals surface area contributed by atoms with Gasteiger partial charge in [0, 0.05) is 5.56 Å². The zero-order valence-corrected chi connectivity index (χ0v) is 30.3. The molecule has 3 aromatic rings. The topological polar surface area (TPSA) is 71.1 Å². The van der Waals surface area contributed by atoms with Crippen molar-refractivity contribution in [1.82, 2.24) is 19.9 Å². The van der Waals surface area contributed by atoms with Crippen molar-refractivity contribution in [2.45, 2.75) is 107 Å². The Bertz CT molecular complexity index is 1780. The molecule has 0 N–H and O–H groups in total. The standard InChI is InChI=1S/C37H45N4O.Zn/c1-9-21-23(11-3)32-18-34-25(13-5)27(15-7)36(40-34)29(20-42)37-28(16-8)26(14-6)35(41-37)19-33-24(12-4)22(10-2)31(39-33)17-30(21)38-32;/h17-20H,9-16H2,1-8H3,(H-,38,39,40,41,42);/q-1;+2/p-1. The Kier molecular flexibility index (Phi) is 10.4. The smallest absolute Gasteiger partial charge is 0.657 e. The maximum atomic E-state index is 12.9. The van der Waals surface area contributed by atoms with Crippen molar-refractivity contribution in [3.63, 3.8) is 0 Å². The second-order valence-electron chi connectivity index (χ2n) is 11.1. The van der Waals surface area contributed by atoms with E-state index in [1.807, 2.05) is 0 Å². The van der Waals surface area contributed by atoms with E-state index >= 15 is 0 Å². The number of aromatic nitrogens is 4. The van der Waals surface area contributed by atoms with Gasteiger partial charge >= 0.3 is 19.5 Å². The number of fused-ring (bicyclic) bond motifs is 8. The Balaban J connectivity index is 0.00000423. The van der Waals surface area contributed by atoms with Gasteiger partial charge in [0.25, 0.3) is 0 Å². The fourth-order valence-electron chi connectivity index (χ4n) is 7.16. The molecular formula is C37H44N4OZn. The SMILES string of the molecule is CCC1=C(CC)c2cc3[n-]c(c(C=O)c4nc(cc5[n-]c(cc1n2)c(CC)c5CC)C(CC)=C4CC)c(CC)c3CC.[Zn+2]. The Morgan fingerprint density at radius 1 is 0.535 bits per heavy atom. The van der Waals surface area contributed by atoms with E-state index in [1.54, 1.807) is 0 Å². The molecule has 0 saturated heterocycles. The molecular weight excluding hydrogens is 582 g/mol. The quantitative estimate of drug-likeness (QED) is 0.175. The van der Waals surface area contributed by atoms with E-state index < -0.39 is 0 Å². The second-order valence-corrected chi connectivity index (χ2v) is 11.1. The van der Waals surface area contributed by atoms with E-state index in [2.05, 4.69) is 73.6 Å². The normalized spacial score (nSPS) is 13.1. The van der Waals surface area contributed by atoms with Gasteiger partial charge in [0.05, 0.1) is 22.8 Å². The molecule has 8 bridgehead atoms. The molecule has 0 spiro atoms. The molecule has 0 saturated carbocycles. The van der Waals surface area contributed by atoms with Gasteiger partial charge in [-0.3, -0.25) is 4.79 Å². The first-order chi connectivity index (χ1) is 20.4. The molecule has 5 nitrogen and oxygen atoms in total. The van der Waals surface area contributed by atoms with Gasteiger partial charge < -0.3 is 9.97 Å². The summed E-state index contributed by atoms with van der Waals surface area (Å²) in [5, 5.41) is 0. The molecule has 0 aromatic carbocycles. The zero-order valence-electron chi connectivity index (χ0n) is 27.4. The molecule has 6 heteroatoms. The molecule has 0 aliphatic carbocycles. The molecule has 0 amide bonds. The van der Waals surface area contributed by atoms with E-state index in [0.717, 1.165) is 114 Å². The first-order valence-corrected chi connectivity index (χ1v) is 16.0. The van der Waals surface area contributed by atoms with Crippen LogP contribution in [0, 0.1) is 0 Å². The third-order valence-electron chi connectivity index (χ3n) is 9.11. The summed E-state index contributed by atoms with van der Waals surface area (Å²) in [5.41, 5.74) is 17.7. The molecule has 2 aliphatic rings. The second kappa shape index (κ2) is 13.7. The number of hydrogen-bond donors (Lipinski definition) is 0.